The second-order valence-electron chi connectivity index (χ2n) is 6.47. The molecule has 0 amide bonds. The fourth-order valence-corrected chi connectivity index (χ4v) is 4.46. The fourth-order valence-electron chi connectivity index (χ4n) is 3.18. The predicted octanol–water partition coefficient (Wildman–Crippen LogP) is 4.51. The summed E-state index contributed by atoms with van der Waals surface area (Å²) in [5, 5.41) is 0. The van der Waals surface area contributed by atoms with E-state index in [0.717, 1.165) is 31.0 Å². The molecule has 2 nitrogen and oxygen atoms in total. The van der Waals surface area contributed by atoms with Gasteiger partial charge in [-0.1, -0.05) is 27.2 Å². The SMILES string of the molecule is CCO[Si](C)CCCOC1CC(C)CCC1C(C)C. The van der Waals surface area contributed by atoms with Gasteiger partial charge in [0, 0.05) is 13.2 Å². The third-order valence-corrected chi connectivity index (χ3v) is 6.20. The van der Waals surface area contributed by atoms with Gasteiger partial charge in [-0.3, -0.25) is 0 Å². The Bertz CT molecular complexity index is 233. The highest BCUT2D eigenvalue weighted by Crippen LogP contribution is 2.35. The van der Waals surface area contributed by atoms with Gasteiger partial charge in [-0.05, 0) is 56.5 Å². The Morgan fingerprint density at radius 1 is 1.26 bits per heavy atom. The van der Waals surface area contributed by atoms with Crippen LogP contribution in [0.25, 0.3) is 0 Å². The van der Waals surface area contributed by atoms with Crippen LogP contribution in [0.15, 0.2) is 0 Å². The molecule has 0 bridgehead atoms. The highest BCUT2D eigenvalue weighted by atomic mass is 28.3. The van der Waals surface area contributed by atoms with E-state index >= 15 is 0 Å². The molecule has 1 aliphatic rings. The summed E-state index contributed by atoms with van der Waals surface area (Å²) in [5.74, 6) is 2.37. The third kappa shape index (κ3) is 6.41. The Hall–Kier alpha value is 0.137. The number of hydrogen-bond acceptors (Lipinski definition) is 2. The first-order valence-corrected chi connectivity index (χ1v) is 10.2. The van der Waals surface area contributed by atoms with Gasteiger partial charge in [-0.25, -0.2) is 0 Å². The van der Waals surface area contributed by atoms with Crippen LogP contribution in [0.4, 0.5) is 0 Å². The monoisotopic (exact) mass is 285 g/mol. The van der Waals surface area contributed by atoms with E-state index in [-0.39, 0.29) is 0 Å². The van der Waals surface area contributed by atoms with Crippen molar-refractivity contribution in [2.24, 2.45) is 17.8 Å². The molecule has 113 valence electrons. The third-order valence-electron chi connectivity index (χ3n) is 4.36. The van der Waals surface area contributed by atoms with Gasteiger partial charge < -0.3 is 9.16 Å². The van der Waals surface area contributed by atoms with Crippen LogP contribution in [0.3, 0.4) is 0 Å². The van der Waals surface area contributed by atoms with Gasteiger partial charge in [0.2, 0.25) is 9.04 Å². The molecule has 1 radical (unpaired) electrons. The summed E-state index contributed by atoms with van der Waals surface area (Å²) < 4.78 is 11.9. The topological polar surface area (TPSA) is 18.5 Å². The molecule has 0 aromatic rings. The van der Waals surface area contributed by atoms with E-state index in [4.69, 9.17) is 9.16 Å². The van der Waals surface area contributed by atoms with E-state index in [1.165, 1.54) is 31.7 Å². The molecule has 0 heterocycles. The van der Waals surface area contributed by atoms with Crippen molar-refractivity contribution >= 4 is 9.04 Å². The van der Waals surface area contributed by atoms with Gasteiger partial charge in [-0.2, -0.15) is 0 Å². The van der Waals surface area contributed by atoms with Crippen molar-refractivity contribution in [3.63, 3.8) is 0 Å². The number of ether oxygens (including phenoxy) is 1. The molecule has 0 aromatic heterocycles. The van der Waals surface area contributed by atoms with Crippen LogP contribution in [-0.2, 0) is 9.16 Å². The zero-order chi connectivity index (χ0) is 14.3. The Morgan fingerprint density at radius 2 is 2.00 bits per heavy atom. The van der Waals surface area contributed by atoms with Gasteiger partial charge in [-0.15, -0.1) is 0 Å². The molecule has 3 atom stereocenters. The van der Waals surface area contributed by atoms with E-state index in [1.807, 2.05) is 0 Å². The molecular formula is C16H33O2Si. The van der Waals surface area contributed by atoms with Crippen molar-refractivity contribution in [2.75, 3.05) is 13.2 Å². The molecular weight excluding hydrogens is 252 g/mol. The Balaban J connectivity index is 2.24. The quantitative estimate of drug-likeness (QED) is 0.482. The lowest BCUT2D eigenvalue weighted by Crippen LogP contribution is -2.34. The van der Waals surface area contributed by atoms with Crippen LogP contribution >= 0.6 is 0 Å². The van der Waals surface area contributed by atoms with Gasteiger partial charge in [0.25, 0.3) is 0 Å². The average Bonchev–Trinajstić information content (AvgIpc) is 2.34. The molecule has 1 rings (SSSR count). The lowest BCUT2D eigenvalue weighted by molar-refractivity contribution is -0.0380. The zero-order valence-corrected chi connectivity index (χ0v) is 14.6. The second-order valence-corrected chi connectivity index (χ2v) is 8.67. The standard InChI is InChI=1S/C16H33O2Si/c1-6-18-19(5)11-7-10-17-16-12-14(4)8-9-15(16)13(2)3/h13-16H,6-12H2,1-5H3. The summed E-state index contributed by atoms with van der Waals surface area (Å²) in [7, 11) is -0.563. The Labute approximate surface area is 122 Å². The molecule has 0 spiro atoms. The lowest BCUT2D eigenvalue weighted by atomic mass is 9.75. The van der Waals surface area contributed by atoms with E-state index in [0.29, 0.717) is 6.10 Å². The van der Waals surface area contributed by atoms with Gasteiger partial charge in [0.05, 0.1) is 6.10 Å². The largest absolute Gasteiger partial charge is 0.417 e. The van der Waals surface area contributed by atoms with E-state index in [1.54, 1.807) is 0 Å². The van der Waals surface area contributed by atoms with Crippen LogP contribution in [0.5, 0.6) is 0 Å². The maximum Gasteiger partial charge on any atom is 0.208 e. The molecule has 1 saturated carbocycles. The summed E-state index contributed by atoms with van der Waals surface area (Å²) in [6, 6.07) is 1.22. The summed E-state index contributed by atoms with van der Waals surface area (Å²) in [6.07, 6.45) is 5.67. The van der Waals surface area contributed by atoms with Crippen LogP contribution in [0, 0.1) is 17.8 Å². The molecule has 0 aliphatic heterocycles. The van der Waals surface area contributed by atoms with Crippen LogP contribution in [-0.4, -0.2) is 28.4 Å². The summed E-state index contributed by atoms with van der Waals surface area (Å²) >= 11 is 0. The highest BCUT2D eigenvalue weighted by Gasteiger charge is 2.31. The Kier molecular flexibility index (Phi) is 8.27. The minimum absolute atomic E-state index is 0.503. The average molecular weight is 286 g/mol. The van der Waals surface area contributed by atoms with E-state index in [2.05, 4.69) is 34.2 Å². The van der Waals surface area contributed by atoms with Gasteiger partial charge in [0.1, 0.15) is 0 Å². The molecule has 19 heavy (non-hydrogen) atoms. The first-order valence-electron chi connectivity index (χ1n) is 8.11. The van der Waals surface area contributed by atoms with Crippen LogP contribution in [0.2, 0.25) is 12.6 Å². The number of hydrogen-bond donors (Lipinski definition) is 0. The lowest BCUT2D eigenvalue weighted by Gasteiger charge is -2.37. The predicted molar refractivity (Wildman–Crippen MR) is 83.8 cm³/mol. The smallest absolute Gasteiger partial charge is 0.208 e. The summed E-state index contributed by atoms with van der Waals surface area (Å²) in [5.41, 5.74) is 0. The van der Waals surface area contributed by atoms with Crippen molar-refractivity contribution in [2.45, 2.75) is 72.1 Å². The maximum absolute atomic E-state index is 6.22. The molecule has 3 heteroatoms. The first kappa shape index (κ1) is 17.2. The van der Waals surface area contributed by atoms with Gasteiger partial charge in [0.15, 0.2) is 0 Å². The van der Waals surface area contributed by atoms with Crippen LogP contribution < -0.4 is 0 Å². The van der Waals surface area contributed by atoms with Crippen molar-refractivity contribution in [3.05, 3.63) is 0 Å². The van der Waals surface area contributed by atoms with Gasteiger partial charge >= 0.3 is 0 Å². The van der Waals surface area contributed by atoms with Crippen molar-refractivity contribution in [1.82, 2.24) is 0 Å². The molecule has 3 unspecified atom stereocenters. The van der Waals surface area contributed by atoms with Crippen LogP contribution in [0.1, 0.15) is 53.4 Å². The molecule has 0 saturated heterocycles. The zero-order valence-electron chi connectivity index (χ0n) is 13.6. The Morgan fingerprint density at radius 3 is 2.63 bits per heavy atom. The van der Waals surface area contributed by atoms with Crippen molar-refractivity contribution in [3.8, 4) is 0 Å². The first-order chi connectivity index (χ1) is 9.04. The minimum Gasteiger partial charge on any atom is -0.417 e. The fraction of sp³-hybridized carbons (Fsp3) is 1.00. The maximum atomic E-state index is 6.22. The number of rotatable bonds is 8. The summed E-state index contributed by atoms with van der Waals surface area (Å²) in [6.45, 7) is 13.2. The van der Waals surface area contributed by atoms with Crippen molar-refractivity contribution in [1.29, 1.82) is 0 Å². The summed E-state index contributed by atoms with van der Waals surface area (Å²) in [4.78, 5) is 0. The molecule has 0 N–H and O–H groups in total. The normalized spacial score (nSPS) is 28.3. The minimum atomic E-state index is -0.563. The van der Waals surface area contributed by atoms with E-state index in [9.17, 15) is 0 Å². The van der Waals surface area contributed by atoms with Crippen molar-refractivity contribution < 1.29 is 9.16 Å². The molecule has 1 fully saturated rings. The van der Waals surface area contributed by atoms with E-state index < -0.39 is 9.04 Å². The molecule has 0 aromatic carbocycles. The highest BCUT2D eigenvalue weighted by molar-refractivity contribution is 6.50. The second kappa shape index (κ2) is 9.14. The molecule has 1 aliphatic carbocycles.